The Kier molecular flexibility index (Phi) is 3.69. The third-order valence-corrected chi connectivity index (χ3v) is 2.74. The minimum absolute atomic E-state index is 0.162. The number of nitrogens with one attached hydrogen (secondary N) is 2. The Balaban J connectivity index is 1.69. The molecular formula is C12H10F3N5O2. The summed E-state index contributed by atoms with van der Waals surface area (Å²) in [6.07, 6.45) is -3.52. The molecule has 0 saturated heterocycles. The van der Waals surface area contributed by atoms with Gasteiger partial charge < -0.3 is 9.36 Å². The van der Waals surface area contributed by atoms with Crippen LogP contribution in [0.5, 0.6) is 0 Å². The van der Waals surface area contributed by atoms with E-state index in [1.165, 1.54) is 11.4 Å². The van der Waals surface area contributed by atoms with E-state index in [1.807, 2.05) is 30.3 Å². The molecule has 0 unspecified atom stereocenters. The lowest BCUT2D eigenvalue weighted by atomic mass is 10.2. The van der Waals surface area contributed by atoms with Crippen molar-refractivity contribution in [3.05, 3.63) is 53.9 Å². The molecule has 0 spiro atoms. The van der Waals surface area contributed by atoms with Crippen LogP contribution in [0.2, 0.25) is 0 Å². The van der Waals surface area contributed by atoms with E-state index in [2.05, 4.69) is 25.7 Å². The number of hydrogen-bond acceptors (Lipinski definition) is 7. The summed E-state index contributed by atoms with van der Waals surface area (Å²) in [5, 5.41) is 4.56. The number of benzene rings is 1. The second kappa shape index (κ2) is 5.66. The molecule has 0 saturated carbocycles. The molecule has 0 bridgehead atoms. The second-order valence-corrected chi connectivity index (χ2v) is 4.29. The average molecular weight is 313 g/mol. The van der Waals surface area contributed by atoms with Crippen molar-refractivity contribution in [2.45, 2.75) is 12.7 Å². The largest absolute Gasteiger partial charge is 0.471 e. The van der Waals surface area contributed by atoms with E-state index in [0.29, 0.717) is 6.54 Å². The monoisotopic (exact) mass is 313 g/mol. The van der Waals surface area contributed by atoms with Crippen LogP contribution in [0.4, 0.5) is 13.2 Å². The molecule has 1 aromatic carbocycles. The fourth-order valence-electron chi connectivity index (χ4n) is 1.72. The Bertz CT molecular complexity index is 671. The summed E-state index contributed by atoms with van der Waals surface area (Å²) >= 11 is 0. The van der Waals surface area contributed by atoms with Crippen LogP contribution in [-0.2, 0) is 17.6 Å². The first kappa shape index (κ1) is 14.4. The fraction of sp³-hybridized carbons (Fsp3) is 0.167. The van der Waals surface area contributed by atoms with Gasteiger partial charge in [0, 0.05) is 6.54 Å². The molecular weight excluding hydrogens is 303 g/mol. The minimum Gasteiger partial charge on any atom is -0.393 e. The van der Waals surface area contributed by atoms with Crippen molar-refractivity contribution >= 4 is 5.70 Å². The number of hydrazine groups is 2. The van der Waals surface area contributed by atoms with E-state index >= 15 is 0 Å². The average Bonchev–Trinajstić information content (AvgIpc) is 3.14. The van der Waals surface area contributed by atoms with Crippen LogP contribution >= 0.6 is 0 Å². The summed E-state index contributed by atoms with van der Waals surface area (Å²) in [6, 6.07) is 9.41. The minimum atomic E-state index is -4.69. The molecule has 2 aromatic rings. The van der Waals surface area contributed by atoms with Crippen molar-refractivity contribution in [2.24, 2.45) is 0 Å². The molecule has 2 heterocycles. The van der Waals surface area contributed by atoms with Gasteiger partial charge in [0.25, 0.3) is 0 Å². The second-order valence-electron chi connectivity index (χ2n) is 4.29. The van der Waals surface area contributed by atoms with Crippen LogP contribution in [0.25, 0.3) is 5.70 Å². The maximum Gasteiger partial charge on any atom is 0.471 e. The highest BCUT2D eigenvalue weighted by Crippen LogP contribution is 2.29. The van der Waals surface area contributed by atoms with Crippen LogP contribution in [-0.4, -0.2) is 15.3 Å². The summed E-state index contributed by atoms with van der Waals surface area (Å²) in [6.45, 7) is 0.415. The zero-order valence-corrected chi connectivity index (χ0v) is 11.0. The van der Waals surface area contributed by atoms with Gasteiger partial charge in [0.2, 0.25) is 5.82 Å². The van der Waals surface area contributed by atoms with Gasteiger partial charge in [0.1, 0.15) is 6.26 Å². The van der Waals surface area contributed by atoms with E-state index in [4.69, 9.17) is 4.84 Å². The molecule has 2 N–H and O–H groups in total. The van der Waals surface area contributed by atoms with E-state index in [1.54, 1.807) is 0 Å². The van der Waals surface area contributed by atoms with Crippen molar-refractivity contribution < 1.29 is 22.5 Å². The Hall–Kier alpha value is -2.59. The molecule has 1 aromatic heterocycles. The van der Waals surface area contributed by atoms with Gasteiger partial charge >= 0.3 is 12.1 Å². The third-order valence-electron chi connectivity index (χ3n) is 2.74. The van der Waals surface area contributed by atoms with Crippen LogP contribution in [0, 0.1) is 0 Å². The van der Waals surface area contributed by atoms with Gasteiger partial charge in [-0.05, 0) is 5.56 Å². The lowest BCUT2D eigenvalue weighted by Gasteiger charge is -2.18. The predicted octanol–water partition coefficient (Wildman–Crippen LogP) is 1.84. The summed E-state index contributed by atoms with van der Waals surface area (Å²) in [7, 11) is 0. The van der Waals surface area contributed by atoms with Crippen molar-refractivity contribution in [1.29, 1.82) is 0 Å². The number of hydrogen-bond donors (Lipinski definition) is 2. The highest BCUT2D eigenvalue weighted by Gasteiger charge is 2.39. The van der Waals surface area contributed by atoms with Crippen molar-refractivity contribution in [2.75, 3.05) is 0 Å². The number of alkyl halides is 3. The summed E-state index contributed by atoms with van der Waals surface area (Å²) in [4.78, 5) is 8.15. The van der Waals surface area contributed by atoms with E-state index in [9.17, 15) is 13.2 Å². The number of halogens is 3. The van der Waals surface area contributed by atoms with Gasteiger partial charge in [0.05, 0.1) is 0 Å². The first-order chi connectivity index (χ1) is 10.5. The molecule has 1 aliphatic rings. The SMILES string of the molecule is FC(F)(F)c1nc(C2=CONN2NCc2ccccc2)no1. The van der Waals surface area contributed by atoms with Crippen LogP contribution in [0.3, 0.4) is 0 Å². The molecule has 0 aliphatic carbocycles. The first-order valence-corrected chi connectivity index (χ1v) is 6.14. The molecule has 1 aliphatic heterocycles. The predicted molar refractivity (Wildman–Crippen MR) is 66.6 cm³/mol. The van der Waals surface area contributed by atoms with E-state index in [0.717, 1.165) is 5.56 Å². The smallest absolute Gasteiger partial charge is 0.393 e. The van der Waals surface area contributed by atoms with Gasteiger partial charge in [-0.25, -0.2) is 10.5 Å². The molecule has 7 nitrogen and oxygen atoms in total. The quantitative estimate of drug-likeness (QED) is 0.892. The zero-order chi connectivity index (χ0) is 15.6. The van der Waals surface area contributed by atoms with Gasteiger partial charge in [0.15, 0.2) is 5.70 Å². The molecule has 22 heavy (non-hydrogen) atoms. The van der Waals surface area contributed by atoms with Crippen molar-refractivity contribution in [3.8, 4) is 0 Å². The van der Waals surface area contributed by atoms with Crippen molar-refractivity contribution in [1.82, 2.24) is 26.3 Å². The van der Waals surface area contributed by atoms with Crippen molar-refractivity contribution in [3.63, 3.8) is 0 Å². The third kappa shape index (κ3) is 3.02. The lowest BCUT2D eigenvalue weighted by molar-refractivity contribution is -0.159. The van der Waals surface area contributed by atoms with Crippen LogP contribution < -0.4 is 11.0 Å². The Morgan fingerprint density at radius 2 is 2.00 bits per heavy atom. The van der Waals surface area contributed by atoms with Gasteiger partial charge in [-0.15, -0.1) is 0 Å². The Morgan fingerprint density at radius 1 is 1.23 bits per heavy atom. The fourth-order valence-corrected chi connectivity index (χ4v) is 1.72. The highest BCUT2D eigenvalue weighted by atomic mass is 19.4. The molecule has 0 atom stereocenters. The number of nitrogens with zero attached hydrogens (tertiary/aromatic N) is 3. The summed E-state index contributed by atoms with van der Waals surface area (Å²) in [5.41, 5.74) is 6.50. The molecule has 3 rings (SSSR count). The number of aromatic nitrogens is 2. The topological polar surface area (TPSA) is 75.5 Å². The summed E-state index contributed by atoms with van der Waals surface area (Å²) < 4.78 is 41.6. The summed E-state index contributed by atoms with van der Waals surface area (Å²) in [5.74, 6) is -1.67. The standard InChI is InChI=1S/C12H10F3N5O2/c13-12(14,15)11-17-10(18-22-11)9-7-21-19-20(9)16-6-8-4-2-1-3-5-8/h1-5,7,16,19H,6H2. The lowest BCUT2D eigenvalue weighted by Crippen LogP contribution is -2.42. The maximum absolute atomic E-state index is 12.5. The normalized spacial score (nSPS) is 14.9. The molecule has 0 radical (unpaired) electrons. The molecule has 0 amide bonds. The highest BCUT2D eigenvalue weighted by molar-refractivity contribution is 5.56. The molecule has 0 fully saturated rings. The van der Waals surface area contributed by atoms with Gasteiger partial charge in [-0.3, -0.25) is 0 Å². The van der Waals surface area contributed by atoms with E-state index < -0.39 is 12.1 Å². The van der Waals surface area contributed by atoms with Gasteiger partial charge in [-0.2, -0.15) is 18.2 Å². The van der Waals surface area contributed by atoms with Gasteiger partial charge in [-0.1, -0.05) is 41.1 Å². The maximum atomic E-state index is 12.5. The first-order valence-electron chi connectivity index (χ1n) is 6.14. The molecule has 116 valence electrons. The van der Waals surface area contributed by atoms with Crippen LogP contribution in [0.1, 0.15) is 17.3 Å². The number of rotatable bonds is 4. The Morgan fingerprint density at radius 3 is 2.68 bits per heavy atom. The van der Waals surface area contributed by atoms with Crippen LogP contribution in [0.15, 0.2) is 41.1 Å². The van der Waals surface area contributed by atoms with E-state index in [-0.39, 0.29) is 11.5 Å². The zero-order valence-electron chi connectivity index (χ0n) is 11.0. The molecule has 10 heteroatoms. The Labute approximate surface area is 122 Å².